The van der Waals surface area contributed by atoms with Gasteiger partial charge in [0.05, 0.1) is 22.7 Å². The number of carbonyl (C=O) groups is 1. The van der Waals surface area contributed by atoms with Crippen molar-refractivity contribution in [2.75, 3.05) is 5.32 Å². The minimum absolute atomic E-state index is 0.0474. The smallest absolute Gasteiger partial charge is 0.236 e. The van der Waals surface area contributed by atoms with E-state index in [1.807, 2.05) is 102 Å². The molecule has 1 aliphatic rings. The predicted octanol–water partition coefficient (Wildman–Crippen LogP) is 7.43. The number of fused-ring (bicyclic) bond motifs is 2. The number of aromatic nitrogens is 3. The molecule has 1 amide bonds. The first-order chi connectivity index (χ1) is 18.2. The summed E-state index contributed by atoms with van der Waals surface area (Å²) >= 11 is 6.23. The van der Waals surface area contributed by atoms with Gasteiger partial charge in [-0.05, 0) is 41.5 Å². The van der Waals surface area contributed by atoms with E-state index >= 15 is 0 Å². The largest absolute Gasteiger partial charge is 0.339 e. The quantitative estimate of drug-likeness (QED) is 0.264. The molecule has 6 heteroatoms. The summed E-state index contributed by atoms with van der Waals surface area (Å²) in [4.78, 5) is 17.2. The molecule has 0 aliphatic carbocycles. The molecule has 0 radical (unpaired) electrons. The van der Waals surface area contributed by atoms with Crippen LogP contribution in [-0.4, -0.2) is 20.7 Å². The molecule has 2 N–H and O–H groups in total. The Morgan fingerprint density at radius 1 is 0.757 bits per heavy atom. The first kappa shape index (κ1) is 21.7. The lowest BCUT2D eigenvalue weighted by Gasteiger charge is -2.13. The maximum Gasteiger partial charge on any atom is 0.236 e. The average molecular weight is 501 g/mol. The highest BCUT2D eigenvalue weighted by molar-refractivity contribution is 6.30. The SMILES string of the molecule is O=C1Nc2ccccc2C1c1c(-c2ccccc2)[nH]c2c1c(-c1ccc(Cl)cc1)nn2-c1ccccc1. The Bertz CT molecular complexity index is 1770. The summed E-state index contributed by atoms with van der Waals surface area (Å²) in [6.45, 7) is 0. The van der Waals surface area contributed by atoms with Crippen molar-refractivity contribution >= 4 is 34.2 Å². The summed E-state index contributed by atoms with van der Waals surface area (Å²) in [6, 6.07) is 35.7. The van der Waals surface area contributed by atoms with E-state index in [1.165, 1.54) is 0 Å². The Labute approximate surface area is 218 Å². The molecule has 1 unspecified atom stereocenters. The van der Waals surface area contributed by atoms with Gasteiger partial charge in [0.1, 0.15) is 11.3 Å². The van der Waals surface area contributed by atoms with Crippen molar-refractivity contribution in [3.63, 3.8) is 0 Å². The second-order valence-corrected chi connectivity index (χ2v) is 9.55. The molecule has 37 heavy (non-hydrogen) atoms. The second kappa shape index (κ2) is 8.50. The third-order valence-corrected chi connectivity index (χ3v) is 7.18. The van der Waals surface area contributed by atoms with E-state index in [4.69, 9.17) is 16.7 Å². The summed E-state index contributed by atoms with van der Waals surface area (Å²) in [5.74, 6) is -0.534. The van der Waals surface area contributed by atoms with Gasteiger partial charge >= 0.3 is 0 Å². The number of carbonyl (C=O) groups excluding carboxylic acids is 1. The number of benzene rings is 4. The van der Waals surface area contributed by atoms with Crippen molar-refractivity contribution in [3.8, 4) is 28.2 Å². The van der Waals surface area contributed by atoms with Crippen LogP contribution in [0.5, 0.6) is 0 Å². The molecule has 7 rings (SSSR count). The van der Waals surface area contributed by atoms with Crippen LogP contribution in [0.4, 0.5) is 5.69 Å². The first-order valence-corrected chi connectivity index (χ1v) is 12.5. The number of hydrogen-bond donors (Lipinski definition) is 2. The third kappa shape index (κ3) is 3.47. The van der Waals surface area contributed by atoms with Gasteiger partial charge in [-0.1, -0.05) is 90.5 Å². The van der Waals surface area contributed by atoms with E-state index in [0.29, 0.717) is 5.02 Å². The van der Waals surface area contributed by atoms with Gasteiger partial charge in [0.2, 0.25) is 5.91 Å². The molecule has 2 aromatic heterocycles. The van der Waals surface area contributed by atoms with Crippen LogP contribution >= 0.6 is 11.6 Å². The van der Waals surface area contributed by atoms with Gasteiger partial charge < -0.3 is 10.3 Å². The summed E-state index contributed by atoms with van der Waals surface area (Å²) in [5, 5.41) is 9.74. The van der Waals surface area contributed by atoms with Gasteiger partial charge in [0, 0.05) is 21.8 Å². The lowest BCUT2D eigenvalue weighted by Crippen LogP contribution is -2.14. The van der Waals surface area contributed by atoms with Crippen LogP contribution in [0.1, 0.15) is 17.0 Å². The molecular weight excluding hydrogens is 480 g/mol. The normalized spacial score (nSPS) is 14.6. The second-order valence-electron chi connectivity index (χ2n) is 9.12. The van der Waals surface area contributed by atoms with Gasteiger partial charge in [-0.15, -0.1) is 0 Å². The average Bonchev–Trinajstić information content (AvgIpc) is 3.60. The van der Waals surface area contributed by atoms with Gasteiger partial charge in [-0.25, -0.2) is 4.68 Å². The lowest BCUT2D eigenvalue weighted by atomic mass is 9.88. The number of aromatic amines is 1. The zero-order valence-corrected chi connectivity index (χ0v) is 20.4. The van der Waals surface area contributed by atoms with Crippen molar-refractivity contribution in [2.24, 2.45) is 0 Å². The number of amides is 1. The van der Waals surface area contributed by atoms with E-state index in [-0.39, 0.29) is 5.91 Å². The third-order valence-electron chi connectivity index (χ3n) is 6.93. The lowest BCUT2D eigenvalue weighted by molar-refractivity contribution is -0.116. The Morgan fingerprint density at radius 3 is 2.19 bits per heavy atom. The Kier molecular flexibility index (Phi) is 4.98. The molecule has 6 aromatic rings. The topological polar surface area (TPSA) is 62.7 Å². The number of para-hydroxylation sites is 2. The van der Waals surface area contributed by atoms with E-state index < -0.39 is 5.92 Å². The molecule has 1 aliphatic heterocycles. The Morgan fingerprint density at radius 2 is 1.43 bits per heavy atom. The van der Waals surface area contributed by atoms with Gasteiger partial charge in [-0.2, -0.15) is 5.10 Å². The number of H-pyrrole nitrogens is 1. The van der Waals surface area contributed by atoms with Crippen LogP contribution in [-0.2, 0) is 4.79 Å². The van der Waals surface area contributed by atoms with Gasteiger partial charge in [0.25, 0.3) is 0 Å². The molecule has 1 atom stereocenters. The van der Waals surface area contributed by atoms with Crippen LogP contribution < -0.4 is 5.32 Å². The molecular formula is C31H21ClN4O. The number of rotatable bonds is 4. The molecule has 0 spiro atoms. The fourth-order valence-electron chi connectivity index (χ4n) is 5.28. The van der Waals surface area contributed by atoms with E-state index in [9.17, 15) is 4.79 Å². The predicted molar refractivity (Wildman–Crippen MR) is 148 cm³/mol. The number of anilines is 1. The fourth-order valence-corrected chi connectivity index (χ4v) is 5.41. The Balaban J connectivity index is 1.61. The summed E-state index contributed by atoms with van der Waals surface area (Å²) < 4.78 is 1.92. The molecule has 0 saturated carbocycles. The fraction of sp³-hybridized carbons (Fsp3) is 0.0323. The van der Waals surface area contributed by atoms with Crippen LogP contribution in [0, 0.1) is 0 Å². The summed E-state index contributed by atoms with van der Waals surface area (Å²) in [5.41, 5.74) is 8.11. The molecule has 5 nitrogen and oxygen atoms in total. The highest BCUT2D eigenvalue weighted by Gasteiger charge is 2.37. The summed E-state index contributed by atoms with van der Waals surface area (Å²) in [7, 11) is 0. The zero-order valence-electron chi connectivity index (χ0n) is 19.7. The highest BCUT2D eigenvalue weighted by atomic mass is 35.5. The molecule has 4 aromatic carbocycles. The van der Waals surface area contributed by atoms with Crippen molar-refractivity contribution in [1.82, 2.24) is 14.8 Å². The molecule has 3 heterocycles. The van der Waals surface area contributed by atoms with Crippen molar-refractivity contribution in [2.45, 2.75) is 5.92 Å². The van der Waals surface area contributed by atoms with E-state index in [1.54, 1.807) is 0 Å². The monoisotopic (exact) mass is 500 g/mol. The summed E-state index contributed by atoms with van der Waals surface area (Å²) in [6.07, 6.45) is 0. The highest BCUT2D eigenvalue weighted by Crippen LogP contribution is 2.47. The number of halogens is 1. The van der Waals surface area contributed by atoms with Crippen LogP contribution in [0.2, 0.25) is 5.02 Å². The van der Waals surface area contributed by atoms with E-state index in [2.05, 4.69) is 22.4 Å². The molecule has 0 fully saturated rings. The standard InChI is InChI=1S/C31H21ClN4O/c32-21-17-15-20(16-18-21)29-27-26(25-23-13-7-8-14-24(23)33-31(25)37)28(19-9-3-1-4-10-19)34-30(27)36(35-29)22-11-5-2-6-12-22/h1-18,25,34H,(H,33,37). The molecule has 0 saturated heterocycles. The maximum atomic E-state index is 13.6. The minimum atomic E-state index is -0.486. The minimum Gasteiger partial charge on any atom is -0.339 e. The number of hydrogen-bond acceptors (Lipinski definition) is 2. The zero-order chi connectivity index (χ0) is 24.9. The van der Waals surface area contributed by atoms with Crippen molar-refractivity contribution in [3.05, 3.63) is 125 Å². The molecule has 178 valence electrons. The number of nitrogens with one attached hydrogen (secondary N) is 2. The van der Waals surface area contributed by atoms with Crippen LogP contribution in [0.3, 0.4) is 0 Å². The van der Waals surface area contributed by atoms with Gasteiger partial charge in [-0.3, -0.25) is 4.79 Å². The van der Waals surface area contributed by atoms with Crippen molar-refractivity contribution < 1.29 is 4.79 Å². The van der Waals surface area contributed by atoms with Crippen LogP contribution in [0.15, 0.2) is 109 Å². The maximum absolute atomic E-state index is 13.6. The number of nitrogens with zero attached hydrogens (tertiary/aromatic N) is 2. The Hall–Kier alpha value is -4.61. The first-order valence-electron chi connectivity index (χ1n) is 12.1. The molecule has 0 bridgehead atoms. The van der Waals surface area contributed by atoms with Crippen LogP contribution in [0.25, 0.3) is 39.2 Å². The van der Waals surface area contributed by atoms with E-state index in [0.717, 1.165) is 56.0 Å². The van der Waals surface area contributed by atoms with Crippen molar-refractivity contribution in [1.29, 1.82) is 0 Å². The van der Waals surface area contributed by atoms with Gasteiger partial charge in [0.15, 0.2) is 0 Å².